The Morgan fingerprint density at radius 1 is 1.27 bits per heavy atom. The van der Waals surface area contributed by atoms with Crippen molar-refractivity contribution in [3.63, 3.8) is 0 Å². The van der Waals surface area contributed by atoms with Crippen LogP contribution < -0.4 is 10.5 Å². The van der Waals surface area contributed by atoms with Gasteiger partial charge in [-0.05, 0) is 55.9 Å². The molecule has 0 aliphatic heterocycles. The number of fused-ring (bicyclic) bond motifs is 1. The van der Waals surface area contributed by atoms with Gasteiger partial charge in [0.05, 0.1) is 12.6 Å². The number of methoxy groups -OCH3 is 1. The summed E-state index contributed by atoms with van der Waals surface area (Å²) in [5, 5.41) is 0.874. The van der Waals surface area contributed by atoms with Gasteiger partial charge in [0.25, 0.3) is 0 Å². The van der Waals surface area contributed by atoms with Gasteiger partial charge in [0, 0.05) is 29.6 Å². The van der Waals surface area contributed by atoms with E-state index in [4.69, 9.17) is 10.5 Å². The van der Waals surface area contributed by atoms with Crippen molar-refractivity contribution in [3.05, 3.63) is 36.0 Å². The zero-order valence-corrected chi connectivity index (χ0v) is 12.9. The van der Waals surface area contributed by atoms with Crippen LogP contribution >= 0.6 is 0 Å². The van der Waals surface area contributed by atoms with Crippen molar-refractivity contribution < 1.29 is 9.53 Å². The third-order valence-corrected chi connectivity index (χ3v) is 4.61. The molecule has 0 atom stereocenters. The van der Waals surface area contributed by atoms with Crippen LogP contribution in [-0.2, 0) is 0 Å². The highest BCUT2D eigenvalue weighted by molar-refractivity contribution is 6.07. The van der Waals surface area contributed by atoms with E-state index in [1.807, 2.05) is 24.3 Å². The molecule has 0 spiro atoms. The summed E-state index contributed by atoms with van der Waals surface area (Å²) in [5.74, 6) is 1.40. The monoisotopic (exact) mass is 298 g/mol. The Morgan fingerprint density at radius 3 is 2.77 bits per heavy atom. The van der Waals surface area contributed by atoms with Crippen LogP contribution in [0, 0.1) is 5.92 Å². The lowest BCUT2D eigenvalue weighted by Crippen LogP contribution is -2.27. The van der Waals surface area contributed by atoms with Gasteiger partial charge in [-0.15, -0.1) is 0 Å². The highest BCUT2D eigenvalue weighted by Gasteiger charge is 2.22. The normalized spacial score (nSPS) is 21.7. The molecule has 4 nitrogen and oxygen atoms in total. The third-order valence-electron chi connectivity index (χ3n) is 4.61. The number of rotatable bonds is 4. The largest absolute Gasteiger partial charge is 0.497 e. The summed E-state index contributed by atoms with van der Waals surface area (Å²) in [6.07, 6.45) is 6.48. The SMILES string of the molecule is COc1ccc2nccc(C(=O)CC3CCC(N)CC3)c2c1. The Kier molecular flexibility index (Phi) is 4.39. The molecule has 116 valence electrons. The zero-order valence-electron chi connectivity index (χ0n) is 12.9. The van der Waals surface area contributed by atoms with Crippen LogP contribution in [0.15, 0.2) is 30.5 Å². The third kappa shape index (κ3) is 3.12. The van der Waals surface area contributed by atoms with E-state index in [1.54, 1.807) is 13.3 Å². The molecule has 1 aliphatic rings. The molecule has 0 bridgehead atoms. The van der Waals surface area contributed by atoms with Gasteiger partial charge in [0.2, 0.25) is 0 Å². The number of ketones is 1. The van der Waals surface area contributed by atoms with Crippen molar-refractivity contribution in [1.82, 2.24) is 4.98 Å². The highest BCUT2D eigenvalue weighted by atomic mass is 16.5. The van der Waals surface area contributed by atoms with Crippen molar-refractivity contribution in [1.29, 1.82) is 0 Å². The lowest BCUT2D eigenvalue weighted by atomic mass is 9.82. The summed E-state index contributed by atoms with van der Waals surface area (Å²) in [7, 11) is 1.63. The van der Waals surface area contributed by atoms with Crippen molar-refractivity contribution in [2.24, 2.45) is 11.7 Å². The molecule has 1 saturated carbocycles. The molecule has 22 heavy (non-hydrogen) atoms. The van der Waals surface area contributed by atoms with Crippen LogP contribution in [0.5, 0.6) is 5.75 Å². The summed E-state index contributed by atoms with van der Waals surface area (Å²) in [5.41, 5.74) is 7.52. The van der Waals surface area contributed by atoms with Crippen LogP contribution in [-0.4, -0.2) is 23.9 Å². The number of aromatic nitrogens is 1. The van der Waals surface area contributed by atoms with Crippen LogP contribution in [0.25, 0.3) is 10.9 Å². The average Bonchev–Trinajstić information content (AvgIpc) is 2.55. The number of carbonyl (C=O) groups excluding carboxylic acids is 1. The van der Waals surface area contributed by atoms with E-state index in [0.717, 1.165) is 47.9 Å². The molecule has 1 fully saturated rings. The van der Waals surface area contributed by atoms with E-state index in [-0.39, 0.29) is 5.78 Å². The fourth-order valence-corrected chi connectivity index (χ4v) is 3.26. The van der Waals surface area contributed by atoms with Gasteiger partial charge in [-0.2, -0.15) is 0 Å². The van der Waals surface area contributed by atoms with Crippen LogP contribution in [0.1, 0.15) is 42.5 Å². The quantitative estimate of drug-likeness (QED) is 0.879. The van der Waals surface area contributed by atoms with Crippen LogP contribution in [0.4, 0.5) is 0 Å². The maximum Gasteiger partial charge on any atom is 0.163 e. The van der Waals surface area contributed by atoms with E-state index in [0.29, 0.717) is 18.4 Å². The molecular weight excluding hydrogens is 276 g/mol. The highest BCUT2D eigenvalue weighted by Crippen LogP contribution is 2.29. The smallest absolute Gasteiger partial charge is 0.163 e. The van der Waals surface area contributed by atoms with Gasteiger partial charge in [0.1, 0.15) is 5.75 Å². The molecule has 1 heterocycles. The summed E-state index contributed by atoms with van der Waals surface area (Å²) < 4.78 is 5.27. The van der Waals surface area contributed by atoms with E-state index >= 15 is 0 Å². The van der Waals surface area contributed by atoms with Gasteiger partial charge >= 0.3 is 0 Å². The first-order chi connectivity index (χ1) is 10.7. The number of nitrogens with two attached hydrogens (primary N) is 1. The van der Waals surface area contributed by atoms with Gasteiger partial charge in [0.15, 0.2) is 5.78 Å². The molecule has 0 radical (unpaired) electrons. The first-order valence-corrected chi connectivity index (χ1v) is 7.89. The molecule has 2 aromatic rings. The van der Waals surface area contributed by atoms with Crippen molar-refractivity contribution in [2.45, 2.75) is 38.1 Å². The van der Waals surface area contributed by atoms with E-state index < -0.39 is 0 Å². The minimum atomic E-state index is 0.195. The number of nitrogens with zero attached hydrogens (tertiary/aromatic N) is 1. The van der Waals surface area contributed by atoms with Crippen molar-refractivity contribution in [3.8, 4) is 5.75 Å². The first kappa shape index (κ1) is 15.0. The minimum Gasteiger partial charge on any atom is -0.497 e. The van der Waals surface area contributed by atoms with E-state index in [2.05, 4.69) is 4.98 Å². The number of hydrogen-bond acceptors (Lipinski definition) is 4. The lowest BCUT2D eigenvalue weighted by molar-refractivity contribution is 0.0949. The number of benzene rings is 1. The molecule has 3 rings (SSSR count). The standard InChI is InChI=1S/C18H22N2O2/c1-22-14-6-7-17-16(11-14)15(8-9-20-17)18(21)10-12-2-4-13(19)5-3-12/h6-9,11-13H,2-5,10,19H2,1H3. The summed E-state index contributed by atoms with van der Waals surface area (Å²) >= 11 is 0. The second kappa shape index (κ2) is 6.44. The molecular formula is C18H22N2O2. The second-order valence-electron chi connectivity index (χ2n) is 6.15. The molecule has 0 saturated heterocycles. The Morgan fingerprint density at radius 2 is 2.05 bits per heavy atom. The van der Waals surface area contributed by atoms with Crippen LogP contribution in [0.3, 0.4) is 0 Å². The molecule has 0 unspecified atom stereocenters. The molecule has 0 amide bonds. The molecule has 2 N–H and O–H groups in total. The predicted octanol–water partition coefficient (Wildman–Crippen LogP) is 3.33. The van der Waals surface area contributed by atoms with Gasteiger partial charge in [-0.1, -0.05) is 0 Å². The number of Topliss-reactive ketones (excluding diaryl/α,β-unsaturated/α-hetero) is 1. The lowest BCUT2D eigenvalue weighted by Gasteiger charge is -2.25. The Bertz CT molecular complexity index is 676. The maximum absolute atomic E-state index is 12.7. The fourth-order valence-electron chi connectivity index (χ4n) is 3.26. The average molecular weight is 298 g/mol. The van der Waals surface area contributed by atoms with E-state index in [9.17, 15) is 4.79 Å². The second-order valence-corrected chi connectivity index (χ2v) is 6.15. The summed E-state index contributed by atoms with van der Waals surface area (Å²) in [4.78, 5) is 17.0. The fraction of sp³-hybridized carbons (Fsp3) is 0.444. The summed E-state index contributed by atoms with van der Waals surface area (Å²) in [6, 6.07) is 7.79. The molecule has 1 aliphatic carbocycles. The Balaban J connectivity index is 1.84. The predicted molar refractivity (Wildman–Crippen MR) is 87.2 cm³/mol. The van der Waals surface area contributed by atoms with Gasteiger partial charge in [-0.25, -0.2) is 0 Å². The number of carbonyl (C=O) groups is 1. The van der Waals surface area contributed by atoms with Crippen LogP contribution in [0.2, 0.25) is 0 Å². The van der Waals surface area contributed by atoms with Gasteiger partial charge in [-0.3, -0.25) is 9.78 Å². The molecule has 4 heteroatoms. The number of pyridine rings is 1. The topological polar surface area (TPSA) is 65.2 Å². The Labute approximate surface area is 130 Å². The van der Waals surface area contributed by atoms with Crippen molar-refractivity contribution >= 4 is 16.7 Å². The maximum atomic E-state index is 12.7. The number of hydrogen-bond donors (Lipinski definition) is 1. The Hall–Kier alpha value is -1.94. The zero-order chi connectivity index (χ0) is 15.5. The van der Waals surface area contributed by atoms with E-state index in [1.165, 1.54) is 0 Å². The molecule has 1 aromatic heterocycles. The minimum absolute atomic E-state index is 0.195. The first-order valence-electron chi connectivity index (χ1n) is 7.89. The summed E-state index contributed by atoms with van der Waals surface area (Å²) in [6.45, 7) is 0. The molecule has 1 aromatic carbocycles. The number of ether oxygens (including phenoxy) is 1. The van der Waals surface area contributed by atoms with Crippen molar-refractivity contribution in [2.75, 3.05) is 7.11 Å². The van der Waals surface area contributed by atoms with Gasteiger partial charge < -0.3 is 10.5 Å².